The number of benzene rings is 3. The molecule has 1 fully saturated rings. The van der Waals surface area contributed by atoms with E-state index in [1.165, 1.54) is 25.0 Å². The van der Waals surface area contributed by atoms with Crippen LogP contribution in [0.15, 0.2) is 54.6 Å². The summed E-state index contributed by atoms with van der Waals surface area (Å²) in [4.78, 5) is 0. The van der Waals surface area contributed by atoms with Crippen LogP contribution in [0.5, 0.6) is 5.75 Å². The van der Waals surface area contributed by atoms with Crippen molar-refractivity contribution in [3.05, 3.63) is 77.1 Å². The molecule has 3 nitrogen and oxygen atoms in total. The number of hydrogen-bond donors (Lipinski definition) is 0. The van der Waals surface area contributed by atoms with Crippen molar-refractivity contribution in [2.75, 3.05) is 19.8 Å². The monoisotopic (exact) mass is 518 g/mol. The summed E-state index contributed by atoms with van der Waals surface area (Å²) < 4.78 is 68.6. The highest BCUT2D eigenvalue weighted by atomic mass is 19.4. The highest BCUT2D eigenvalue weighted by Crippen LogP contribution is 2.26. The van der Waals surface area contributed by atoms with Crippen molar-refractivity contribution in [1.29, 1.82) is 0 Å². The maximum Gasteiger partial charge on any atom is 0.422 e. The van der Waals surface area contributed by atoms with Crippen LogP contribution >= 0.6 is 0 Å². The molecule has 1 aliphatic heterocycles. The Kier molecular flexibility index (Phi) is 9.43. The van der Waals surface area contributed by atoms with Crippen LogP contribution in [0.3, 0.4) is 0 Å². The second-order valence-corrected chi connectivity index (χ2v) is 9.79. The Balaban J connectivity index is 1.29. The lowest BCUT2D eigenvalue weighted by Gasteiger charge is -2.29. The SMILES string of the molecule is CCCCC1COC(CCc2ccc3c(F)c(CCc4ccc(OCC(F)(F)F)cc4)ccc3c2)OC1. The number of fused-ring (bicyclic) bond motifs is 1. The van der Waals surface area contributed by atoms with Gasteiger partial charge in [0, 0.05) is 17.7 Å². The van der Waals surface area contributed by atoms with Crippen LogP contribution in [-0.4, -0.2) is 32.3 Å². The maximum absolute atomic E-state index is 15.2. The molecule has 0 aromatic heterocycles. The molecule has 1 aliphatic rings. The standard InChI is InChI=1S/C30H34F4O3/c1-2-3-4-23-18-35-28(36-19-23)16-9-22-8-15-27-25(17-22)12-11-24(29(27)31)10-5-21-6-13-26(14-7-21)37-20-30(32,33)34/h6-8,11-15,17,23,28H,2-5,9-10,16,18-20H2,1H3. The van der Waals surface area contributed by atoms with Gasteiger partial charge in [0.25, 0.3) is 0 Å². The van der Waals surface area contributed by atoms with Gasteiger partial charge in [-0.1, -0.05) is 62.2 Å². The summed E-state index contributed by atoms with van der Waals surface area (Å²) in [7, 11) is 0. The molecule has 7 heteroatoms. The zero-order valence-corrected chi connectivity index (χ0v) is 21.2. The van der Waals surface area contributed by atoms with Crippen molar-refractivity contribution in [1.82, 2.24) is 0 Å². The summed E-state index contributed by atoms with van der Waals surface area (Å²) in [5.74, 6) is 0.420. The lowest BCUT2D eigenvalue weighted by atomic mass is 9.98. The van der Waals surface area contributed by atoms with Gasteiger partial charge in [-0.05, 0) is 59.9 Å². The number of unbranched alkanes of at least 4 members (excludes halogenated alkanes) is 1. The van der Waals surface area contributed by atoms with Crippen LogP contribution in [0.4, 0.5) is 17.6 Å². The van der Waals surface area contributed by atoms with E-state index in [9.17, 15) is 13.2 Å². The van der Waals surface area contributed by atoms with Gasteiger partial charge < -0.3 is 14.2 Å². The fourth-order valence-electron chi connectivity index (χ4n) is 4.63. The summed E-state index contributed by atoms with van der Waals surface area (Å²) >= 11 is 0. The predicted octanol–water partition coefficient (Wildman–Crippen LogP) is 7.82. The van der Waals surface area contributed by atoms with E-state index in [1.54, 1.807) is 12.1 Å². The van der Waals surface area contributed by atoms with Crippen LogP contribution in [-0.2, 0) is 28.7 Å². The minimum atomic E-state index is -4.37. The molecule has 200 valence electrons. The van der Waals surface area contributed by atoms with E-state index in [2.05, 4.69) is 6.92 Å². The average Bonchev–Trinajstić information content (AvgIpc) is 2.90. The summed E-state index contributed by atoms with van der Waals surface area (Å²) in [5, 5.41) is 1.44. The quantitative estimate of drug-likeness (QED) is 0.242. The second kappa shape index (κ2) is 12.7. The van der Waals surface area contributed by atoms with E-state index in [0.717, 1.165) is 49.0 Å². The van der Waals surface area contributed by atoms with E-state index in [0.29, 0.717) is 29.7 Å². The van der Waals surface area contributed by atoms with Gasteiger partial charge in [0.2, 0.25) is 0 Å². The minimum Gasteiger partial charge on any atom is -0.484 e. The molecule has 0 amide bonds. The number of hydrogen-bond acceptors (Lipinski definition) is 3. The third-order valence-electron chi connectivity index (χ3n) is 6.78. The second-order valence-electron chi connectivity index (χ2n) is 9.79. The summed E-state index contributed by atoms with van der Waals surface area (Å²) in [6, 6.07) is 16.0. The molecule has 37 heavy (non-hydrogen) atoms. The molecule has 0 saturated carbocycles. The van der Waals surface area contributed by atoms with Crippen molar-refractivity contribution >= 4 is 10.8 Å². The molecule has 1 heterocycles. The first-order valence-corrected chi connectivity index (χ1v) is 13.0. The van der Waals surface area contributed by atoms with Gasteiger partial charge in [-0.2, -0.15) is 13.2 Å². The molecule has 0 radical (unpaired) electrons. The van der Waals surface area contributed by atoms with Crippen molar-refractivity contribution < 1.29 is 31.8 Å². The molecule has 0 bridgehead atoms. The molecule has 0 unspecified atom stereocenters. The average molecular weight is 519 g/mol. The molecule has 0 spiro atoms. The number of rotatable bonds is 11. The van der Waals surface area contributed by atoms with Crippen LogP contribution in [0.25, 0.3) is 10.8 Å². The van der Waals surface area contributed by atoms with Crippen LogP contribution in [0, 0.1) is 11.7 Å². The van der Waals surface area contributed by atoms with Gasteiger partial charge in [0.1, 0.15) is 11.6 Å². The van der Waals surface area contributed by atoms with E-state index in [4.69, 9.17) is 14.2 Å². The van der Waals surface area contributed by atoms with Crippen molar-refractivity contribution in [2.24, 2.45) is 5.92 Å². The molecule has 0 N–H and O–H groups in total. The highest BCUT2D eigenvalue weighted by molar-refractivity contribution is 5.84. The zero-order chi connectivity index (χ0) is 26.3. The third kappa shape index (κ3) is 8.17. The molecule has 3 aromatic rings. The Morgan fingerprint density at radius 2 is 1.59 bits per heavy atom. The number of aryl methyl sites for hydroxylation is 3. The molecular formula is C30H34F4O3. The van der Waals surface area contributed by atoms with Gasteiger partial charge >= 0.3 is 6.18 Å². The molecule has 1 saturated heterocycles. The van der Waals surface area contributed by atoms with E-state index in [1.807, 2.05) is 30.3 Å². The zero-order valence-electron chi connectivity index (χ0n) is 21.2. The first-order chi connectivity index (χ1) is 17.8. The fourth-order valence-corrected chi connectivity index (χ4v) is 4.63. The van der Waals surface area contributed by atoms with Crippen LogP contribution < -0.4 is 4.74 Å². The normalized spacial score (nSPS) is 18.3. The van der Waals surface area contributed by atoms with Crippen LogP contribution in [0.2, 0.25) is 0 Å². The van der Waals surface area contributed by atoms with Gasteiger partial charge in [0.15, 0.2) is 12.9 Å². The molecule has 0 atom stereocenters. The molecule has 4 rings (SSSR count). The summed E-state index contributed by atoms with van der Waals surface area (Å²) in [6.07, 6.45) is 1.61. The lowest BCUT2D eigenvalue weighted by molar-refractivity contribution is -0.203. The number of alkyl halides is 3. The number of ether oxygens (including phenoxy) is 3. The molecule has 3 aromatic carbocycles. The van der Waals surface area contributed by atoms with Gasteiger partial charge in [0.05, 0.1) is 13.2 Å². The van der Waals surface area contributed by atoms with Crippen LogP contribution in [0.1, 0.15) is 49.3 Å². The topological polar surface area (TPSA) is 27.7 Å². The lowest BCUT2D eigenvalue weighted by Crippen LogP contribution is -2.32. The van der Waals surface area contributed by atoms with Gasteiger partial charge in [-0.25, -0.2) is 4.39 Å². The van der Waals surface area contributed by atoms with E-state index in [-0.39, 0.29) is 17.9 Å². The Morgan fingerprint density at radius 1 is 0.865 bits per heavy atom. The molecular weight excluding hydrogens is 484 g/mol. The Morgan fingerprint density at radius 3 is 2.30 bits per heavy atom. The van der Waals surface area contributed by atoms with Gasteiger partial charge in [-0.15, -0.1) is 0 Å². The predicted molar refractivity (Wildman–Crippen MR) is 136 cm³/mol. The summed E-state index contributed by atoms with van der Waals surface area (Å²) in [6.45, 7) is 2.38. The number of halogens is 4. The fraction of sp³-hybridized carbons (Fsp3) is 0.467. The third-order valence-corrected chi connectivity index (χ3v) is 6.78. The Hall–Kier alpha value is -2.64. The Labute approximate surface area is 215 Å². The minimum absolute atomic E-state index is 0.159. The first kappa shape index (κ1) is 27.4. The van der Waals surface area contributed by atoms with Crippen molar-refractivity contribution in [3.8, 4) is 5.75 Å². The molecule has 0 aliphatic carbocycles. The van der Waals surface area contributed by atoms with E-state index >= 15 is 4.39 Å². The van der Waals surface area contributed by atoms with Crippen molar-refractivity contribution in [3.63, 3.8) is 0 Å². The van der Waals surface area contributed by atoms with Crippen molar-refractivity contribution in [2.45, 2.75) is 64.3 Å². The smallest absolute Gasteiger partial charge is 0.422 e. The first-order valence-electron chi connectivity index (χ1n) is 13.0. The van der Waals surface area contributed by atoms with Gasteiger partial charge in [-0.3, -0.25) is 0 Å². The maximum atomic E-state index is 15.2. The van der Waals surface area contributed by atoms with E-state index < -0.39 is 12.8 Å². The summed E-state index contributed by atoms with van der Waals surface area (Å²) in [5.41, 5.74) is 2.63. The largest absolute Gasteiger partial charge is 0.484 e. The highest BCUT2D eigenvalue weighted by Gasteiger charge is 2.28. The Bertz CT molecular complexity index is 1140.